The Bertz CT molecular complexity index is 1340. The van der Waals surface area contributed by atoms with Gasteiger partial charge in [-0.25, -0.2) is 13.4 Å². The SMILES string of the molecule is CN(c1cccc2cc(-c3nccs3)[nH]c12)S(=O)(=O)c1ccsc1CNCCN1CCOCC1. The second-order valence-electron chi connectivity index (χ2n) is 8.07. The van der Waals surface area contributed by atoms with E-state index in [1.54, 1.807) is 30.6 Å². The van der Waals surface area contributed by atoms with Gasteiger partial charge in [-0.1, -0.05) is 12.1 Å². The highest BCUT2D eigenvalue weighted by Crippen LogP contribution is 2.34. The van der Waals surface area contributed by atoms with Crippen LogP contribution in [0.5, 0.6) is 0 Å². The van der Waals surface area contributed by atoms with Crippen molar-refractivity contribution < 1.29 is 13.2 Å². The summed E-state index contributed by atoms with van der Waals surface area (Å²) in [5, 5.41) is 8.99. The lowest BCUT2D eigenvalue weighted by molar-refractivity contribution is 0.0384. The number of sulfonamides is 1. The van der Waals surface area contributed by atoms with Crippen LogP contribution in [0.4, 0.5) is 5.69 Å². The van der Waals surface area contributed by atoms with E-state index in [0.29, 0.717) is 17.1 Å². The molecule has 0 radical (unpaired) electrons. The predicted molar refractivity (Wildman–Crippen MR) is 138 cm³/mol. The van der Waals surface area contributed by atoms with Crippen LogP contribution in [0.1, 0.15) is 4.88 Å². The number of anilines is 1. The van der Waals surface area contributed by atoms with E-state index in [2.05, 4.69) is 20.2 Å². The van der Waals surface area contributed by atoms with E-state index in [0.717, 1.165) is 65.9 Å². The van der Waals surface area contributed by atoms with Crippen LogP contribution in [0, 0.1) is 0 Å². The number of aromatic amines is 1. The minimum absolute atomic E-state index is 0.350. The summed E-state index contributed by atoms with van der Waals surface area (Å²) in [5.74, 6) is 0. The summed E-state index contributed by atoms with van der Waals surface area (Å²) in [4.78, 5) is 11.3. The molecule has 1 fully saturated rings. The third-order valence-corrected chi connectivity index (χ3v) is 9.69. The van der Waals surface area contributed by atoms with Crippen molar-refractivity contribution in [3.05, 3.63) is 52.2 Å². The molecule has 1 saturated heterocycles. The molecule has 0 aliphatic carbocycles. The number of benzene rings is 1. The van der Waals surface area contributed by atoms with E-state index >= 15 is 0 Å². The molecule has 1 aromatic carbocycles. The highest BCUT2D eigenvalue weighted by atomic mass is 32.2. The van der Waals surface area contributed by atoms with Gasteiger partial charge in [0, 0.05) is 61.6 Å². The summed E-state index contributed by atoms with van der Waals surface area (Å²) >= 11 is 3.00. The Morgan fingerprint density at radius 3 is 2.85 bits per heavy atom. The minimum Gasteiger partial charge on any atom is -0.379 e. The molecule has 5 rings (SSSR count). The first kappa shape index (κ1) is 23.5. The third-order valence-electron chi connectivity index (χ3n) is 5.97. The van der Waals surface area contributed by atoms with Crippen LogP contribution in [0.25, 0.3) is 21.6 Å². The molecule has 2 N–H and O–H groups in total. The van der Waals surface area contributed by atoms with E-state index in [-0.39, 0.29) is 0 Å². The van der Waals surface area contributed by atoms with Crippen LogP contribution in [-0.4, -0.2) is 69.7 Å². The Hall–Kier alpha value is -2.28. The molecular formula is C23H27N5O3S3. The zero-order chi connectivity index (χ0) is 23.5. The first-order chi connectivity index (χ1) is 16.5. The standard InChI is InChI=1S/C23H27N5O3S3/c1-27(19-4-2-3-17-15-18(26-22(17)19)23-25-7-14-33-23)34(29,30)21-5-13-32-20(21)16-24-6-8-28-9-11-31-12-10-28/h2-5,7,13-15,24,26H,6,8-12,16H2,1H3. The van der Waals surface area contributed by atoms with Gasteiger partial charge in [-0.05, 0) is 23.6 Å². The lowest BCUT2D eigenvalue weighted by atomic mass is 10.2. The van der Waals surface area contributed by atoms with Gasteiger partial charge < -0.3 is 15.0 Å². The van der Waals surface area contributed by atoms with Gasteiger partial charge in [0.15, 0.2) is 0 Å². The molecule has 0 atom stereocenters. The number of hydrogen-bond acceptors (Lipinski definition) is 8. The maximum Gasteiger partial charge on any atom is 0.265 e. The van der Waals surface area contributed by atoms with Crippen molar-refractivity contribution >= 4 is 49.3 Å². The molecule has 11 heteroatoms. The molecule has 8 nitrogen and oxygen atoms in total. The molecular weight excluding hydrogens is 490 g/mol. The van der Waals surface area contributed by atoms with Crippen molar-refractivity contribution in [2.24, 2.45) is 0 Å². The Morgan fingerprint density at radius 2 is 2.06 bits per heavy atom. The second-order valence-corrected chi connectivity index (χ2v) is 11.9. The van der Waals surface area contributed by atoms with Crippen molar-refractivity contribution in [1.29, 1.82) is 0 Å². The molecule has 0 amide bonds. The van der Waals surface area contributed by atoms with E-state index in [9.17, 15) is 8.42 Å². The quantitative estimate of drug-likeness (QED) is 0.330. The van der Waals surface area contributed by atoms with Crippen LogP contribution in [0.15, 0.2) is 52.2 Å². The van der Waals surface area contributed by atoms with Crippen molar-refractivity contribution in [2.75, 3.05) is 50.7 Å². The minimum atomic E-state index is -3.73. The first-order valence-electron chi connectivity index (χ1n) is 11.1. The van der Waals surface area contributed by atoms with Crippen LogP contribution in [-0.2, 0) is 21.3 Å². The van der Waals surface area contributed by atoms with Gasteiger partial charge in [0.25, 0.3) is 10.0 Å². The normalized spacial score (nSPS) is 15.2. The highest BCUT2D eigenvalue weighted by Gasteiger charge is 2.27. The van der Waals surface area contributed by atoms with Gasteiger partial charge in [0.1, 0.15) is 9.90 Å². The number of H-pyrrole nitrogens is 1. The largest absolute Gasteiger partial charge is 0.379 e. The van der Waals surface area contributed by atoms with Crippen molar-refractivity contribution in [3.8, 4) is 10.7 Å². The van der Waals surface area contributed by atoms with Gasteiger partial charge >= 0.3 is 0 Å². The first-order valence-corrected chi connectivity index (χ1v) is 14.3. The van der Waals surface area contributed by atoms with Crippen LogP contribution < -0.4 is 9.62 Å². The van der Waals surface area contributed by atoms with Gasteiger partial charge in [-0.2, -0.15) is 0 Å². The number of thiophene rings is 1. The summed E-state index contributed by atoms with van der Waals surface area (Å²) in [7, 11) is -2.12. The van der Waals surface area contributed by atoms with E-state index in [4.69, 9.17) is 4.74 Å². The Kier molecular flexibility index (Phi) is 7.00. The average molecular weight is 518 g/mol. The van der Waals surface area contributed by atoms with Gasteiger partial charge in [0.05, 0.1) is 30.1 Å². The maximum absolute atomic E-state index is 13.6. The summed E-state index contributed by atoms with van der Waals surface area (Å²) in [6.45, 7) is 5.68. The number of ether oxygens (including phenoxy) is 1. The van der Waals surface area contributed by atoms with E-state index in [1.807, 2.05) is 35.0 Å². The number of hydrogen-bond donors (Lipinski definition) is 2. The lowest BCUT2D eigenvalue weighted by Gasteiger charge is -2.26. The highest BCUT2D eigenvalue weighted by molar-refractivity contribution is 7.93. The molecule has 0 spiro atoms. The predicted octanol–water partition coefficient (Wildman–Crippen LogP) is 3.60. The summed E-state index contributed by atoms with van der Waals surface area (Å²) in [5.41, 5.74) is 2.26. The average Bonchev–Trinajstić information content (AvgIpc) is 3.62. The van der Waals surface area contributed by atoms with Gasteiger partial charge in [0.2, 0.25) is 0 Å². The number of para-hydroxylation sites is 1. The zero-order valence-corrected chi connectivity index (χ0v) is 21.3. The Balaban J connectivity index is 1.33. The molecule has 34 heavy (non-hydrogen) atoms. The van der Waals surface area contributed by atoms with Gasteiger partial charge in [-0.15, -0.1) is 22.7 Å². The fourth-order valence-electron chi connectivity index (χ4n) is 4.10. The molecule has 1 aliphatic rings. The molecule has 0 bridgehead atoms. The Labute approximate surface area is 207 Å². The van der Waals surface area contributed by atoms with Crippen LogP contribution in [0.3, 0.4) is 0 Å². The summed E-state index contributed by atoms with van der Waals surface area (Å²) in [6, 6.07) is 9.39. The van der Waals surface area contributed by atoms with E-state index in [1.165, 1.54) is 15.6 Å². The third kappa shape index (κ3) is 4.77. The maximum atomic E-state index is 13.6. The number of nitrogens with zero attached hydrogens (tertiary/aromatic N) is 3. The molecule has 180 valence electrons. The fourth-order valence-corrected chi connectivity index (χ4v) is 7.30. The summed E-state index contributed by atoms with van der Waals surface area (Å²) < 4.78 is 34.0. The molecule has 4 aromatic rings. The second kappa shape index (κ2) is 10.1. The number of morpholine rings is 1. The monoisotopic (exact) mass is 517 g/mol. The van der Waals surface area contributed by atoms with Crippen LogP contribution >= 0.6 is 22.7 Å². The topological polar surface area (TPSA) is 90.6 Å². The van der Waals surface area contributed by atoms with Crippen LogP contribution in [0.2, 0.25) is 0 Å². The number of rotatable bonds is 9. The molecule has 3 aromatic heterocycles. The molecule has 1 aliphatic heterocycles. The number of fused-ring (bicyclic) bond motifs is 1. The summed E-state index contributed by atoms with van der Waals surface area (Å²) in [6.07, 6.45) is 1.76. The van der Waals surface area contributed by atoms with Crippen molar-refractivity contribution in [2.45, 2.75) is 11.4 Å². The molecule has 0 saturated carbocycles. The number of nitrogens with one attached hydrogen (secondary N) is 2. The fraction of sp³-hybridized carbons (Fsp3) is 0.348. The Morgan fingerprint density at radius 1 is 1.21 bits per heavy atom. The van der Waals surface area contributed by atoms with Crippen molar-refractivity contribution in [1.82, 2.24) is 20.2 Å². The zero-order valence-electron chi connectivity index (χ0n) is 18.9. The number of thiazole rings is 1. The van der Waals surface area contributed by atoms with Crippen molar-refractivity contribution in [3.63, 3.8) is 0 Å². The smallest absolute Gasteiger partial charge is 0.265 e. The lowest BCUT2D eigenvalue weighted by Crippen LogP contribution is -2.40. The van der Waals surface area contributed by atoms with Gasteiger partial charge in [-0.3, -0.25) is 9.21 Å². The van der Waals surface area contributed by atoms with E-state index < -0.39 is 10.0 Å². The molecule has 4 heterocycles. The number of aromatic nitrogens is 2. The molecule has 0 unspecified atom stereocenters.